The fraction of sp³-hybridized carbons (Fsp3) is 1.00. The van der Waals surface area contributed by atoms with E-state index in [0.717, 1.165) is 11.8 Å². The van der Waals surface area contributed by atoms with Crippen molar-refractivity contribution in [3.63, 3.8) is 0 Å². The molecule has 0 amide bonds. The van der Waals surface area contributed by atoms with E-state index >= 15 is 0 Å². The minimum Gasteiger partial charge on any atom is -0.0776 e. The molecule has 0 atom stereocenters. The van der Waals surface area contributed by atoms with Crippen LogP contribution >= 0.6 is 0 Å². The molecule has 0 aromatic carbocycles. The Balaban J connectivity index is 0. The zero-order valence-corrected chi connectivity index (χ0v) is 8.69. The van der Waals surface area contributed by atoms with Crippen molar-refractivity contribution in [3.8, 4) is 0 Å². The molecule has 0 nitrogen and oxygen atoms in total. The van der Waals surface area contributed by atoms with Crippen LogP contribution in [0.5, 0.6) is 0 Å². The molecule has 0 radical (unpaired) electrons. The summed E-state index contributed by atoms with van der Waals surface area (Å²) in [6, 6.07) is 0. The van der Waals surface area contributed by atoms with Crippen LogP contribution in [0, 0.1) is 11.8 Å². The minimum absolute atomic E-state index is 0. The lowest BCUT2D eigenvalue weighted by Gasteiger charge is -2.22. The maximum absolute atomic E-state index is 2.37. The first kappa shape index (κ1) is 14.5. The summed E-state index contributed by atoms with van der Waals surface area (Å²) in [6.45, 7) is 8.98. The van der Waals surface area contributed by atoms with E-state index in [1.54, 1.807) is 0 Å². The van der Waals surface area contributed by atoms with E-state index in [1.807, 2.05) is 0 Å². The monoisotopic (exact) mass is 172 g/mol. The second kappa shape index (κ2) is 9.09. The van der Waals surface area contributed by atoms with E-state index in [0.29, 0.717) is 0 Å². The van der Waals surface area contributed by atoms with Crippen LogP contribution in [-0.2, 0) is 0 Å². The van der Waals surface area contributed by atoms with Crippen molar-refractivity contribution in [1.29, 1.82) is 0 Å². The van der Waals surface area contributed by atoms with E-state index in [1.165, 1.54) is 32.1 Å². The Labute approximate surface area is 79.8 Å². The fourth-order valence-electron chi connectivity index (χ4n) is 1.43. The van der Waals surface area contributed by atoms with Gasteiger partial charge in [0.1, 0.15) is 0 Å². The third kappa shape index (κ3) is 8.10. The van der Waals surface area contributed by atoms with Gasteiger partial charge in [0.25, 0.3) is 0 Å². The molecule has 12 heavy (non-hydrogen) atoms. The molecule has 1 saturated carbocycles. The van der Waals surface area contributed by atoms with Crippen LogP contribution in [-0.4, -0.2) is 0 Å². The summed E-state index contributed by atoms with van der Waals surface area (Å²) in [4.78, 5) is 0. The first-order chi connectivity index (χ1) is 5.20. The molecule has 0 bridgehead atoms. The van der Waals surface area contributed by atoms with Crippen LogP contribution in [0.25, 0.3) is 0 Å². The van der Waals surface area contributed by atoms with Crippen LogP contribution in [0.4, 0.5) is 0 Å². The standard InChI is InChI=1S/C8H16.C3H8.CH4/c1-7-3-5-8(2)6-4-7;1-3-2;/h7-8H,3-6H2,1-2H3;3H2,1-2H3;1H4. The van der Waals surface area contributed by atoms with Crippen molar-refractivity contribution in [2.75, 3.05) is 0 Å². The largest absolute Gasteiger partial charge is 0.0776 e. The molecule has 0 aliphatic heterocycles. The molecule has 0 unspecified atom stereocenters. The van der Waals surface area contributed by atoms with Crippen molar-refractivity contribution in [2.45, 2.75) is 67.2 Å². The quantitative estimate of drug-likeness (QED) is 0.488. The SMILES string of the molecule is C.CC1CCC(C)CC1.CCC. The Morgan fingerprint density at radius 2 is 1.00 bits per heavy atom. The van der Waals surface area contributed by atoms with Gasteiger partial charge in [-0.15, -0.1) is 0 Å². The molecular formula is C12H28. The van der Waals surface area contributed by atoms with Gasteiger partial charge in [0, 0.05) is 0 Å². The molecule has 0 saturated heterocycles. The summed E-state index contributed by atoms with van der Waals surface area (Å²) in [6.07, 6.45) is 7.14. The average molecular weight is 172 g/mol. The van der Waals surface area contributed by atoms with Gasteiger partial charge in [0.05, 0.1) is 0 Å². The van der Waals surface area contributed by atoms with E-state index in [9.17, 15) is 0 Å². The molecule has 76 valence electrons. The van der Waals surface area contributed by atoms with Gasteiger partial charge in [-0.25, -0.2) is 0 Å². The van der Waals surface area contributed by atoms with Crippen LogP contribution in [0.2, 0.25) is 0 Å². The average Bonchev–Trinajstić information content (AvgIpc) is 1.97. The predicted octanol–water partition coefficient (Wildman–Crippen LogP) is 4.89. The summed E-state index contributed by atoms with van der Waals surface area (Å²) in [5, 5.41) is 0. The van der Waals surface area contributed by atoms with Crippen molar-refractivity contribution in [1.82, 2.24) is 0 Å². The Morgan fingerprint density at radius 3 is 1.17 bits per heavy atom. The third-order valence-electron chi connectivity index (χ3n) is 2.30. The molecule has 1 aliphatic rings. The molecule has 1 rings (SSSR count). The molecule has 0 spiro atoms. The van der Waals surface area contributed by atoms with Gasteiger partial charge in [-0.05, 0) is 11.8 Å². The highest BCUT2D eigenvalue weighted by molar-refractivity contribution is 4.65. The van der Waals surface area contributed by atoms with Gasteiger partial charge in [0.2, 0.25) is 0 Å². The summed E-state index contributed by atoms with van der Waals surface area (Å²) >= 11 is 0. The highest BCUT2D eigenvalue weighted by atomic mass is 14.2. The molecule has 1 aliphatic carbocycles. The van der Waals surface area contributed by atoms with Crippen LogP contribution < -0.4 is 0 Å². The molecule has 0 aromatic heterocycles. The maximum atomic E-state index is 2.37. The number of hydrogen-bond donors (Lipinski definition) is 0. The van der Waals surface area contributed by atoms with E-state index in [-0.39, 0.29) is 7.43 Å². The first-order valence-corrected chi connectivity index (χ1v) is 5.20. The van der Waals surface area contributed by atoms with Crippen LogP contribution in [0.3, 0.4) is 0 Å². The molecule has 0 aromatic rings. The lowest BCUT2D eigenvalue weighted by atomic mass is 9.84. The smallest absolute Gasteiger partial charge is 0.0443 e. The molecule has 0 N–H and O–H groups in total. The Morgan fingerprint density at radius 1 is 0.833 bits per heavy atom. The van der Waals surface area contributed by atoms with Gasteiger partial charge in [-0.1, -0.05) is 67.2 Å². The molecular weight excluding hydrogens is 144 g/mol. The van der Waals surface area contributed by atoms with Gasteiger partial charge in [0.15, 0.2) is 0 Å². The maximum Gasteiger partial charge on any atom is -0.0443 e. The second-order valence-electron chi connectivity index (χ2n) is 4.07. The van der Waals surface area contributed by atoms with E-state index < -0.39 is 0 Å². The van der Waals surface area contributed by atoms with E-state index in [4.69, 9.17) is 0 Å². The highest BCUT2D eigenvalue weighted by Crippen LogP contribution is 2.27. The summed E-state index contributed by atoms with van der Waals surface area (Å²) in [7, 11) is 0. The van der Waals surface area contributed by atoms with Crippen molar-refractivity contribution < 1.29 is 0 Å². The van der Waals surface area contributed by atoms with Gasteiger partial charge >= 0.3 is 0 Å². The summed E-state index contributed by atoms with van der Waals surface area (Å²) in [5.41, 5.74) is 0. The van der Waals surface area contributed by atoms with Crippen molar-refractivity contribution in [3.05, 3.63) is 0 Å². The third-order valence-corrected chi connectivity index (χ3v) is 2.30. The Bertz CT molecular complexity index is 58.1. The lowest BCUT2D eigenvalue weighted by molar-refractivity contribution is 0.308. The van der Waals surface area contributed by atoms with Gasteiger partial charge in [-0.3, -0.25) is 0 Å². The fourth-order valence-corrected chi connectivity index (χ4v) is 1.43. The van der Waals surface area contributed by atoms with E-state index in [2.05, 4.69) is 27.7 Å². The zero-order valence-electron chi connectivity index (χ0n) is 8.69. The Hall–Kier alpha value is 0. The Kier molecular flexibility index (Phi) is 11.0. The molecule has 1 fully saturated rings. The topological polar surface area (TPSA) is 0 Å². The minimum atomic E-state index is 0. The normalized spacial score (nSPS) is 28.0. The van der Waals surface area contributed by atoms with Crippen LogP contribution in [0.1, 0.15) is 67.2 Å². The summed E-state index contributed by atoms with van der Waals surface area (Å²) < 4.78 is 0. The second-order valence-corrected chi connectivity index (χ2v) is 4.07. The lowest BCUT2D eigenvalue weighted by Crippen LogP contribution is -2.08. The number of hydrogen-bond acceptors (Lipinski definition) is 0. The van der Waals surface area contributed by atoms with Crippen molar-refractivity contribution >= 4 is 0 Å². The van der Waals surface area contributed by atoms with Crippen molar-refractivity contribution in [2.24, 2.45) is 11.8 Å². The van der Waals surface area contributed by atoms with Crippen LogP contribution in [0.15, 0.2) is 0 Å². The molecule has 0 heteroatoms. The molecule has 0 heterocycles. The predicted molar refractivity (Wildman–Crippen MR) is 59.5 cm³/mol. The highest BCUT2D eigenvalue weighted by Gasteiger charge is 2.13. The first-order valence-electron chi connectivity index (χ1n) is 5.20. The van der Waals surface area contributed by atoms with Gasteiger partial charge < -0.3 is 0 Å². The van der Waals surface area contributed by atoms with Gasteiger partial charge in [-0.2, -0.15) is 0 Å². The summed E-state index contributed by atoms with van der Waals surface area (Å²) in [5.74, 6) is 2.04. The number of rotatable bonds is 0. The zero-order chi connectivity index (χ0) is 8.69.